The Morgan fingerprint density at radius 1 is 1.04 bits per heavy atom. The molecule has 4 saturated carbocycles. The zero-order valence-corrected chi connectivity index (χ0v) is 16.6. The van der Waals surface area contributed by atoms with E-state index in [0.717, 1.165) is 31.6 Å². The van der Waals surface area contributed by atoms with E-state index >= 15 is 0 Å². The second kappa shape index (κ2) is 6.12. The molecule has 0 radical (unpaired) electrons. The molecule has 9 atom stereocenters. The molecule has 0 aromatic carbocycles. The number of hydrogen-bond donors (Lipinski definition) is 1. The van der Waals surface area contributed by atoms with Gasteiger partial charge in [-0.1, -0.05) is 13.8 Å². The smallest absolute Gasteiger partial charge is 0.302 e. The van der Waals surface area contributed by atoms with Gasteiger partial charge in [-0.25, -0.2) is 0 Å². The number of alkyl halides is 1. The lowest BCUT2D eigenvalue weighted by Gasteiger charge is -2.60. The first-order valence-corrected chi connectivity index (χ1v) is 10.7. The standard InChI is InChI=1S/C21H33ClO3/c1-12(23)25-19-18(22)11-17-15-5-4-13-10-14(24)6-8-20(13,2)16(15)7-9-21(17,19)3/h13-19,24H,4-11H2,1-3H3/t13?,14-,15?,16?,17?,18+,19?,20-,21-/m0/s1. The molecule has 0 amide bonds. The third-order valence-electron chi connectivity index (χ3n) is 8.83. The van der Waals surface area contributed by atoms with Crippen molar-refractivity contribution in [3.05, 3.63) is 0 Å². The highest BCUT2D eigenvalue weighted by atomic mass is 35.5. The van der Waals surface area contributed by atoms with Gasteiger partial charge < -0.3 is 9.84 Å². The number of carbonyl (C=O) groups excluding carboxylic acids is 1. The third-order valence-corrected chi connectivity index (χ3v) is 9.23. The summed E-state index contributed by atoms with van der Waals surface area (Å²) in [5, 5.41) is 10.1. The Balaban J connectivity index is 1.60. The summed E-state index contributed by atoms with van der Waals surface area (Å²) in [5.41, 5.74) is 0.418. The van der Waals surface area contributed by atoms with Crippen LogP contribution in [0.5, 0.6) is 0 Å². The second-order valence-electron chi connectivity index (χ2n) is 9.91. The van der Waals surface area contributed by atoms with Crippen molar-refractivity contribution >= 4 is 17.6 Å². The molecule has 4 rings (SSSR count). The fourth-order valence-corrected chi connectivity index (χ4v) is 8.08. The molecule has 3 nitrogen and oxygen atoms in total. The molecular formula is C21H33ClO3. The number of halogens is 1. The van der Waals surface area contributed by atoms with Gasteiger partial charge in [0.15, 0.2) is 0 Å². The van der Waals surface area contributed by atoms with Crippen molar-refractivity contribution in [1.82, 2.24) is 0 Å². The first-order valence-electron chi connectivity index (χ1n) is 10.2. The molecular weight excluding hydrogens is 336 g/mol. The summed E-state index contributed by atoms with van der Waals surface area (Å²) >= 11 is 6.70. The third kappa shape index (κ3) is 2.67. The van der Waals surface area contributed by atoms with Crippen LogP contribution in [0.25, 0.3) is 0 Å². The minimum Gasteiger partial charge on any atom is -0.460 e. The molecule has 0 aromatic rings. The van der Waals surface area contributed by atoms with Gasteiger partial charge in [0.2, 0.25) is 0 Å². The van der Waals surface area contributed by atoms with Crippen molar-refractivity contribution < 1.29 is 14.6 Å². The van der Waals surface area contributed by atoms with Crippen LogP contribution in [-0.4, -0.2) is 28.7 Å². The first kappa shape index (κ1) is 18.1. The van der Waals surface area contributed by atoms with Gasteiger partial charge >= 0.3 is 5.97 Å². The number of esters is 1. The van der Waals surface area contributed by atoms with E-state index in [1.807, 2.05) is 0 Å². The summed E-state index contributed by atoms with van der Waals surface area (Å²) in [7, 11) is 0. The van der Waals surface area contributed by atoms with Crippen LogP contribution in [0.15, 0.2) is 0 Å². The maximum Gasteiger partial charge on any atom is 0.302 e. The summed E-state index contributed by atoms with van der Waals surface area (Å²) in [6.07, 6.45) is 8.74. The molecule has 4 fully saturated rings. The van der Waals surface area contributed by atoms with E-state index < -0.39 is 0 Å². The highest BCUT2D eigenvalue weighted by molar-refractivity contribution is 6.21. The maximum atomic E-state index is 11.6. The molecule has 0 bridgehead atoms. The van der Waals surface area contributed by atoms with E-state index in [9.17, 15) is 9.90 Å². The second-order valence-corrected chi connectivity index (χ2v) is 10.5. The fourth-order valence-electron chi connectivity index (χ4n) is 7.55. The van der Waals surface area contributed by atoms with Crippen molar-refractivity contribution in [2.75, 3.05) is 0 Å². The van der Waals surface area contributed by atoms with Gasteiger partial charge in [-0.3, -0.25) is 4.79 Å². The normalized spacial score (nSPS) is 55.0. The quantitative estimate of drug-likeness (QED) is 0.546. The average Bonchev–Trinajstić information content (AvgIpc) is 2.79. The SMILES string of the molecule is CC(=O)OC1[C@H](Cl)CC2C3CCC4C[C@@H](O)CC[C@]4(C)C3CC[C@@]21C. The van der Waals surface area contributed by atoms with Crippen LogP contribution < -0.4 is 0 Å². The largest absolute Gasteiger partial charge is 0.460 e. The van der Waals surface area contributed by atoms with Gasteiger partial charge in [-0.05, 0) is 80.5 Å². The molecule has 0 saturated heterocycles. The van der Waals surface area contributed by atoms with Crippen LogP contribution in [0.2, 0.25) is 0 Å². The summed E-state index contributed by atoms with van der Waals surface area (Å²) in [6, 6.07) is 0. The van der Waals surface area contributed by atoms with Gasteiger partial charge in [-0.15, -0.1) is 11.6 Å². The monoisotopic (exact) mass is 368 g/mol. The molecule has 5 unspecified atom stereocenters. The first-order chi connectivity index (χ1) is 11.8. The Bertz CT molecular complexity index is 551. The molecule has 0 aromatic heterocycles. The Labute approximate surface area is 156 Å². The molecule has 0 heterocycles. The van der Waals surface area contributed by atoms with Crippen LogP contribution in [0, 0.1) is 34.5 Å². The highest BCUT2D eigenvalue weighted by Gasteiger charge is 2.63. The molecule has 4 aliphatic rings. The zero-order chi connectivity index (χ0) is 18.0. The Morgan fingerprint density at radius 3 is 2.48 bits per heavy atom. The summed E-state index contributed by atoms with van der Waals surface area (Å²) in [6.45, 7) is 6.33. The van der Waals surface area contributed by atoms with E-state index in [1.54, 1.807) is 0 Å². The van der Waals surface area contributed by atoms with E-state index in [0.29, 0.717) is 23.2 Å². The zero-order valence-electron chi connectivity index (χ0n) is 15.8. The molecule has 0 spiro atoms. The predicted molar refractivity (Wildman–Crippen MR) is 98.3 cm³/mol. The molecule has 25 heavy (non-hydrogen) atoms. The summed E-state index contributed by atoms with van der Waals surface area (Å²) in [4.78, 5) is 11.6. The van der Waals surface area contributed by atoms with E-state index in [4.69, 9.17) is 16.3 Å². The number of ether oxygens (including phenoxy) is 1. The number of aliphatic hydroxyl groups is 1. The molecule has 0 aliphatic heterocycles. The van der Waals surface area contributed by atoms with Crippen molar-refractivity contribution in [3.63, 3.8) is 0 Å². The van der Waals surface area contributed by atoms with Gasteiger partial charge in [0, 0.05) is 12.3 Å². The minimum atomic E-state index is -0.198. The Morgan fingerprint density at radius 2 is 1.76 bits per heavy atom. The number of aliphatic hydroxyl groups excluding tert-OH is 1. The van der Waals surface area contributed by atoms with Crippen LogP contribution in [0.1, 0.15) is 72.1 Å². The van der Waals surface area contributed by atoms with Crippen molar-refractivity contribution in [3.8, 4) is 0 Å². The van der Waals surface area contributed by atoms with Crippen molar-refractivity contribution in [1.29, 1.82) is 0 Å². The van der Waals surface area contributed by atoms with Gasteiger partial charge in [0.25, 0.3) is 0 Å². The lowest BCUT2D eigenvalue weighted by Crippen LogP contribution is -2.54. The average molecular weight is 369 g/mol. The Kier molecular flexibility index (Phi) is 4.43. The topological polar surface area (TPSA) is 46.5 Å². The highest BCUT2D eigenvalue weighted by Crippen LogP contribution is 2.67. The number of rotatable bonds is 1. The van der Waals surface area contributed by atoms with Crippen molar-refractivity contribution in [2.24, 2.45) is 34.5 Å². The predicted octanol–water partition coefficient (Wildman–Crippen LogP) is 4.54. The van der Waals surface area contributed by atoms with Crippen LogP contribution in [0.4, 0.5) is 0 Å². The molecule has 4 aliphatic carbocycles. The number of carbonyl (C=O) groups is 1. The van der Waals surface area contributed by atoms with E-state index in [1.165, 1.54) is 32.6 Å². The van der Waals surface area contributed by atoms with E-state index in [-0.39, 0.29) is 29.0 Å². The molecule has 4 heteroatoms. The van der Waals surface area contributed by atoms with Gasteiger partial charge in [0.1, 0.15) is 6.10 Å². The van der Waals surface area contributed by atoms with E-state index in [2.05, 4.69) is 13.8 Å². The summed E-state index contributed by atoms with van der Waals surface area (Å²) in [5.74, 6) is 2.51. The van der Waals surface area contributed by atoms with Gasteiger partial charge in [0.05, 0.1) is 11.5 Å². The van der Waals surface area contributed by atoms with Gasteiger partial charge in [-0.2, -0.15) is 0 Å². The Hall–Kier alpha value is -0.280. The fraction of sp³-hybridized carbons (Fsp3) is 0.952. The lowest BCUT2D eigenvalue weighted by atomic mass is 9.45. The number of fused-ring (bicyclic) bond motifs is 5. The lowest BCUT2D eigenvalue weighted by molar-refractivity contribution is -0.162. The molecule has 142 valence electrons. The van der Waals surface area contributed by atoms with Crippen LogP contribution in [-0.2, 0) is 9.53 Å². The van der Waals surface area contributed by atoms with Crippen LogP contribution >= 0.6 is 11.6 Å². The number of hydrogen-bond acceptors (Lipinski definition) is 3. The van der Waals surface area contributed by atoms with Crippen molar-refractivity contribution in [2.45, 2.75) is 89.7 Å². The maximum absolute atomic E-state index is 11.6. The summed E-state index contributed by atoms with van der Waals surface area (Å²) < 4.78 is 5.72. The van der Waals surface area contributed by atoms with Crippen LogP contribution in [0.3, 0.4) is 0 Å². The minimum absolute atomic E-state index is 0.0383. The molecule has 1 N–H and O–H groups in total.